The Hall–Kier alpha value is -1.95. The Balaban J connectivity index is 2.19. The number of rotatable bonds is 7. The van der Waals surface area contributed by atoms with E-state index < -0.39 is 42.7 Å². The first-order chi connectivity index (χ1) is 16.5. The van der Waals surface area contributed by atoms with Crippen molar-refractivity contribution in [1.29, 1.82) is 0 Å². The van der Waals surface area contributed by atoms with Crippen LogP contribution in [0, 0.1) is 0 Å². The van der Waals surface area contributed by atoms with Gasteiger partial charge in [-0.05, 0) is 58.2 Å². The zero-order valence-corrected chi connectivity index (χ0v) is 21.9. The lowest BCUT2D eigenvalue weighted by Gasteiger charge is -2.18. The molecule has 196 valence electrons. The van der Waals surface area contributed by atoms with Crippen LogP contribution in [0.2, 0.25) is 15.1 Å². The van der Waals surface area contributed by atoms with Gasteiger partial charge in [0, 0.05) is 4.47 Å². The molecule has 0 spiro atoms. The zero-order valence-electron chi connectivity index (χ0n) is 18.0. The van der Waals surface area contributed by atoms with Crippen LogP contribution in [0.1, 0.15) is 34.3 Å². The topological polar surface area (TPSA) is 58.2 Å². The summed E-state index contributed by atoms with van der Waals surface area (Å²) in [6.07, 6.45) is -7.24. The van der Waals surface area contributed by atoms with Gasteiger partial charge in [-0.3, -0.25) is 9.59 Å². The molecule has 36 heavy (non-hydrogen) atoms. The molecule has 2 amide bonds. The fourth-order valence-corrected chi connectivity index (χ4v) is 4.06. The van der Waals surface area contributed by atoms with Crippen molar-refractivity contribution in [3.05, 3.63) is 72.6 Å². The van der Waals surface area contributed by atoms with Crippen molar-refractivity contribution in [3.8, 4) is 0 Å². The van der Waals surface area contributed by atoms with Crippen LogP contribution in [0.3, 0.4) is 0 Å². The summed E-state index contributed by atoms with van der Waals surface area (Å²) in [5.41, 5.74) is 0.0621. The van der Waals surface area contributed by atoms with Crippen LogP contribution >= 0.6 is 50.7 Å². The molecule has 0 aromatic heterocycles. The van der Waals surface area contributed by atoms with Crippen molar-refractivity contribution in [1.82, 2.24) is 10.6 Å². The molecule has 1 unspecified atom stereocenters. The van der Waals surface area contributed by atoms with Crippen LogP contribution in [0.25, 0.3) is 6.08 Å². The van der Waals surface area contributed by atoms with Crippen LogP contribution in [0.5, 0.6) is 0 Å². The third-order valence-corrected chi connectivity index (χ3v) is 6.49. The van der Waals surface area contributed by atoms with Crippen molar-refractivity contribution in [3.63, 3.8) is 0 Å². The predicted octanol–water partition coefficient (Wildman–Crippen LogP) is 7.57. The molecule has 0 fully saturated rings. The Morgan fingerprint density at radius 3 is 2.11 bits per heavy atom. The monoisotopic (exact) mass is 638 g/mol. The molecule has 2 aromatic carbocycles. The van der Waals surface area contributed by atoms with Crippen molar-refractivity contribution in [2.45, 2.75) is 31.2 Å². The third-order valence-electron chi connectivity index (χ3n) is 4.64. The Labute approximate surface area is 225 Å². The minimum absolute atomic E-state index is 0.00579. The summed E-state index contributed by atoms with van der Waals surface area (Å²) >= 11 is 20.7. The van der Waals surface area contributed by atoms with Crippen molar-refractivity contribution < 1.29 is 35.9 Å². The van der Waals surface area contributed by atoms with Gasteiger partial charge in [-0.2, -0.15) is 26.3 Å². The van der Waals surface area contributed by atoms with Gasteiger partial charge in [0.25, 0.3) is 5.91 Å². The predicted molar refractivity (Wildman–Crippen MR) is 129 cm³/mol. The highest BCUT2D eigenvalue weighted by molar-refractivity contribution is 9.10. The molecule has 4 nitrogen and oxygen atoms in total. The first-order valence-corrected chi connectivity index (χ1v) is 11.8. The largest absolute Gasteiger partial charge is 0.405 e. The van der Waals surface area contributed by atoms with Gasteiger partial charge in [-0.25, -0.2) is 0 Å². The van der Waals surface area contributed by atoms with E-state index >= 15 is 0 Å². The Bertz CT molecular complexity index is 1150. The van der Waals surface area contributed by atoms with E-state index in [1.54, 1.807) is 5.32 Å². The minimum Gasteiger partial charge on any atom is -0.345 e. The highest BCUT2D eigenvalue weighted by Gasteiger charge is 2.39. The van der Waals surface area contributed by atoms with Gasteiger partial charge in [0.15, 0.2) is 0 Å². The smallest absolute Gasteiger partial charge is 0.345 e. The second-order valence-corrected chi connectivity index (χ2v) is 9.49. The Morgan fingerprint density at radius 1 is 1.03 bits per heavy atom. The van der Waals surface area contributed by atoms with Crippen molar-refractivity contribution in [2.75, 3.05) is 6.54 Å². The van der Waals surface area contributed by atoms with Crippen molar-refractivity contribution >= 4 is 68.6 Å². The molecule has 2 rings (SSSR count). The van der Waals surface area contributed by atoms with E-state index in [2.05, 4.69) is 21.2 Å². The molecular formula is C22H16BrCl3F6N2O2. The lowest BCUT2D eigenvalue weighted by molar-refractivity contribution is -0.139. The number of alkyl halides is 6. The van der Waals surface area contributed by atoms with Gasteiger partial charge < -0.3 is 10.6 Å². The summed E-state index contributed by atoms with van der Waals surface area (Å²) in [5, 5.41) is 3.55. The van der Waals surface area contributed by atoms with Crippen LogP contribution in [-0.4, -0.2) is 36.8 Å². The maximum Gasteiger partial charge on any atom is 0.405 e. The summed E-state index contributed by atoms with van der Waals surface area (Å²) in [7, 11) is 0. The summed E-state index contributed by atoms with van der Waals surface area (Å²) in [4.78, 5) is 24.2. The molecule has 0 aliphatic carbocycles. The quantitative estimate of drug-likeness (QED) is 0.243. The average molecular weight is 641 g/mol. The van der Waals surface area contributed by atoms with E-state index in [-0.39, 0.29) is 36.2 Å². The van der Waals surface area contributed by atoms with Gasteiger partial charge >= 0.3 is 12.4 Å². The van der Waals surface area contributed by atoms with Gasteiger partial charge in [0.2, 0.25) is 5.91 Å². The van der Waals surface area contributed by atoms with Crippen LogP contribution in [0.15, 0.2) is 40.9 Å². The number of allylic oxidation sites excluding steroid dienone is 1. The number of hydrogen-bond acceptors (Lipinski definition) is 2. The van der Waals surface area contributed by atoms with E-state index in [1.165, 1.54) is 31.2 Å². The SMILES string of the molecule is C[C@@H](NC(=O)c1ccc(/C=C/C(c2cc(Cl)c(Cl)c(Cl)c2)C(F)(F)F)cc1Br)C(=O)NCC(F)(F)F. The zero-order chi connectivity index (χ0) is 27.4. The van der Waals surface area contributed by atoms with Gasteiger partial charge in [0.1, 0.15) is 12.6 Å². The molecular weight excluding hydrogens is 625 g/mol. The number of halogens is 10. The first kappa shape index (κ1) is 30.3. The number of nitrogens with one attached hydrogen (secondary N) is 2. The highest BCUT2D eigenvalue weighted by Crippen LogP contribution is 2.41. The fourth-order valence-electron chi connectivity index (χ4n) is 2.87. The first-order valence-electron chi connectivity index (χ1n) is 9.84. The number of amides is 2. The molecule has 0 aliphatic heterocycles. The number of carbonyl (C=O) groups is 2. The maximum atomic E-state index is 13.7. The Kier molecular flexibility index (Phi) is 10.1. The number of hydrogen-bond donors (Lipinski definition) is 2. The van der Waals surface area contributed by atoms with Crippen LogP contribution in [0.4, 0.5) is 26.3 Å². The molecule has 2 atom stereocenters. The normalized spacial score (nSPS) is 14.0. The van der Waals surface area contributed by atoms with E-state index in [4.69, 9.17) is 34.8 Å². The lowest BCUT2D eigenvalue weighted by Crippen LogP contribution is -2.47. The highest BCUT2D eigenvalue weighted by atomic mass is 79.9. The summed E-state index contributed by atoms with van der Waals surface area (Å²) in [6, 6.07) is 4.82. The third kappa shape index (κ3) is 8.57. The second kappa shape index (κ2) is 12.1. The van der Waals surface area contributed by atoms with Gasteiger partial charge in [0.05, 0.1) is 26.5 Å². The molecule has 2 N–H and O–H groups in total. The van der Waals surface area contributed by atoms with Gasteiger partial charge in [-0.1, -0.05) is 53.0 Å². The molecule has 0 aliphatic rings. The fraction of sp³-hybridized carbons (Fsp3) is 0.273. The number of benzene rings is 2. The molecule has 0 heterocycles. The van der Waals surface area contributed by atoms with Gasteiger partial charge in [-0.15, -0.1) is 0 Å². The van der Waals surface area contributed by atoms with E-state index in [9.17, 15) is 35.9 Å². The molecule has 2 aromatic rings. The molecule has 0 saturated heterocycles. The van der Waals surface area contributed by atoms with Crippen LogP contribution in [-0.2, 0) is 4.79 Å². The Morgan fingerprint density at radius 2 is 1.61 bits per heavy atom. The standard InChI is InChI=1S/C22H16BrCl3F6N2O2/c1-10(19(35)33-9-21(27,28)29)34-20(36)13-4-2-11(6-15(13)23)3-5-14(22(30,31)32)12-7-16(24)18(26)17(25)8-12/h2-8,10,14H,9H2,1H3,(H,33,35)(H,34,36)/b5-3+/t10-,14?/m1/s1. The number of carbonyl (C=O) groups excluding carboxylic acids is 2. The molecule has 0 saturated carbocycles. The average Bonchev–Trinajstić information content (AvgIpc) is 2.74. The minimum atomic E-state index is -4.68. The maximum absolute atomic E-state index is 13.7. The second-order valence-electron chi connectivity index (χ2n) is 7.44. The van der Waals surface area contributed by atoms with E-state index in [0.717, 1.165) is 18.2 Å². The molecule has 14 heteroatoms. The van der Waals surface area contributed by atoms with E-state index in [0.29, 0.717) is 0 Å². The van der Waals surface area contributed by atoms with E-state index in [1.807, 2.05) is 0 Å². The van der Waals surface area contributed by atoms with Crippen molar-refractivity contribution in [2.24, 2.45) is 0 Å². The molecule has 0 radical (unpaired) electrons. The molecule has 0 bridgehead atoms. The lowest BCUT2D eigenvalue weighted by atomic mass is 9.97. The summed E-state index contributed by atoms with van der Waals surface area (Å²) in [6.45, 7) is -0.356. The summed E-state index contributed by atoms with van der Waals surface area (Å²) in [5.74, 6) is -3.90. The van der Waals surface area contributed by atoms with Crippen LogP contribution < -0.4 is 10.6 Å². The summed E-state index contributed by atoms with van der Waals surface area (Å²) < 4.78 is 78.0.